The summed E-state index contributed by atoms with van der Waals surface area (Å²) in [5.74, 6) is -0.410. The molecule has 0 fully saturated rings. The number of carbonyl (C=O) groups is 1. The number of hydrogen-bond acceptors (Lipinski definition) is 6. The number of sulfonamides is 1. The van der Waals surface area contributed by atoms with Gasteiger partial charge in [-0.1, -0.05) is 18.2 Å². The molecule has 3 heterocycles. The zero-order valence-corrected chi connectivity index (χ0v) is 18.3. The van der Waals surface area contributed by atoms with Crippen LogP contribution in [0.25, 0.3) is 10.9 Å². The number of aromatic nitrogens is 2. The van der Waals surface area contributed by atoms with Gasteiger partial charge in [0.2, 0.25) is 10.0 Å². The molecule has 0 bridgehead atoms. The van der Waals surface area contributed by atoms with Crippen LogP contribution in [-0.4, -0.2) is 40.3 Å². The van der Waals surface area contributed by atoms with Gasteiger partial charge in [0.25, 0.3) is 0 Å². The minimum atomic E-state index is -3.75. The first-order valence-electron chi connectivity index (χ1n) is 10.3. The van der Waals surface area contributed by atoms with Crippen LogP contribution in [0.4, 0.5) is 11.5 Å². The van der Waals surface area contributed by atoms with E-state index in [2.05, 4.69) is 15.3 Å². The fourth-order valence-corrected chi connectivity index (χ4v) is 5.39. The smallest absolute Gasteiger partial charge is 0.335 e. The van der Waals surface area contributed by atoms with Gasteiger partial charge in [-0.15, -0.1) is 0 Å². The Morgan fingerprint density at radius 1 is 1.03 bits per heavy atom. The number of para-hydroxylation sites is 1. The van der Waals surface area contributed by atoms with Crippen molar-refractivity contribution < 1.29 is 18.3 Å². The van der Waals surface area contributed by atoms with Gasteiger partial charge >= 0.3 is 5.97 Å². The van der Waals surface area contributed by atoms with E-state index in [9.17, 15) is 13.2 Å². The van der Waals surface area contributed by atoms with Crippen LogP contribution in [0.3, 0.4) is 0 Å². The summed E-state index contributed by atoms with van der Waals surface area (Å²) in [4.78, 5) is 20.1. The molecule has 33 heavy (non-hydrogen) atoms. The van der Waals surface area contributed by atoms with Crippen LogP contribution in [0.15, 0.2) is 78.0 Å². The van der Waals surface area contributed by atoms with Crippen LogP contribution in [0.5, 0.6) is 0 Å². The number of hydrogen-bond donors (Lipinski definition) is 2. The van der Waals surface area contributed by atoms with Crippen LogP contribution in [0.2, 0.25) is 0 Å². The third-order valence-corrected chi connectivity index (χ3v) is 7.56. The molecule has 0 atom stereocenters. The van der Waals surface area contributed by atoms with Crippen molar-refractivity contribution in [3.05, 3.63) is 89.7 Å². The van der Waals surface area contributed by atoms with Gasteiger partial charge in [-0.3, -0.25) is 4.98 Å². The molecule has 0 saturated carbocycles. The molecular formula is C24H20N4O4S. The third-order valence-electron chi connectivity index (χ3n) is 5.70. The maximum Gasteiger partial charge on any atom is 0.335 e. The fraction of sp³-hybridized carbons (Fsp3) is 0.125. The number of rotatable bonds is 5. The average molecular weight is 461 g/mol. The summed E-state index contributed by atoms with van der Waals surface area (Å²) < 4.78 is 27.6. The van der Waals surface area contributed by atoms with E-state index in [-0.39, 0.29) is 17.0 Å². The first-order chi connectivity index (χ1) is 15.9. The molecule has 0 spiro atoms. The number of carboxylic acids is 1. The number of nitrogens with one attached hydrogen (secondary N) is 1. The average Bonchev–Trinajstić information content (AvgIpc) is 2.84. The van der Waals surface area contributed by atoms with Crippen LogP contribution in [0.1, 0.15) is 21.5 Å². The topological polar surface area (TPSA) is 112 Å². The largest absolute Gasteiger partial charge is 0.478 e. The van der Waals surface area contributed by atoms with E-state index < -0.39 is 16.0 Å². The Hall–Kier alpha value is -3.82. The first kappa shape index (κ1) is 21.0. The molecule has 2 aromatic heterocycles. The lowest BCUT2D eigenvalue weighted by molar-refractivity contribution is 0.0696. The molecule has 5 rings (SSSR count). The lowest BCUT2D eigenvalue weighted by Crippen LogP contribution is -2.36. The minimum absolute atomic E-state index is 0.0444. The van der Waals surface area contributed by atoms with Crippen molar-refractivity contribution >= 4 is 38.4 Å². The highest BCUT2D eigenvalue weighted by molar-refractivity contribution is 7.89. The molecule has 0 amide bonds. The first-order valence-corrected chi connectivity index (χ1v) is 11.8. The van der Waals surface area contributed by atoms with E-state index in [0.29, 0.717) is 18.8 Å². The van der Waals surface area contributed by atoms with E-state index in [0.717, 1.165) is 27.7 Å². The second kappa shape index (κ2) is 8.27. The summed E-state index contributed by atoms with van der Waals surface area (Å²) in [6, 6.07) is 16.9. The molecule has 9 heteroatoms. The Kier molecular flexibility index (Phi) is 5.27. The lowest BCUT2D eigenvalue weighted by Gasteiger charge is -2.29. The van der Waals surface area contributed by atoms with Gasteiger partial charge in [-0.2, -0.15) is 4.31 Å². The fourth-order valence-electron chi connectivity index (χ4n) is 3.97. The van der Waals surface area contributed by atoms with Gasteiger partial charge in [0.1, 0.15) is 5.82 Å². The molecule has 166 valence electrons. The molecule has 2 aromatic carbocycles. The van der Waals surface area contributed by atoms with Crippen molar-refractivity contribution in [1.82, 2.24) is 14.3 Å². The van der Waals surface area contributed by atoms with Gasteiger partial charge in [-0.05, 0) is 54.4 Å². The van der Waals surface area contributed by atoms with Crippen LogP contribution < -0.4 is 5.32 Å². The predicted octanol–water partition coefficient (Wildman–Crippen LogP) is 3.82. The summed E-state index contributed by atoms with van der Waals surface area (Å²) in [6.45, 7) is 0.512. The van der Waals surface area contributed by atoms with E-state index in [1.54, 1.807) is 12.4 Å². The summed E-state index contributed by atoms with van der Waals surface area (Å²) in [5.41, 5.74) is 3.60. The number of benzene rings is 2. The quantitative estimate of drug-likeness (QED) is 0.466. The Bertz CT molecular complexity index is 1470. The minimum Gasteiger partial charge on any atom is -0.478 e. The molecule has 1 aliphatic heterocycles. The number of aromatic carboxylic acids is 1. The number of nitrogens with zero attached hydrogens (tertiary/aromatic N) is 3. The van der Waals surface area contributed by atoms with Gasteiger partial charge in [0.15, 0.2) is 0 Å². The third kappa shape index (κ3) is 4.04. The van der Waals surface area contributed by atoms with Crippen molar-refractivity contribution in [3.8, 4) is 0 Å². The maximum atomic E-state index is 13.1. The van der Waals surface area contributed by atoms with Gasteiger partial charge in [0, 0.05) is 30.2 Å². The van der Waals surface area contributed by atoms with Crippen LogP contribution in [-0.2, 0) is 23.0 Å². The highest BCUT2D eigenvalue weighted by Crippen LogP contribution is 2.30. The second-order valence-corrected chi connectivity index (χ2v) is 9.69. The van der Waals surface area contributed by atoms with Crippen molar-refractivity contribution in [2.45, 2.75) is 17.9 Å². The molecular weight excluding hydrogens is 440 g/mol. The molecule has 8 nitrogen and oxygen atoms in total. The van der Waals surface area contributed by atoms with Crippen LogP contribution >= 0.6 is 0 Å². The molecule has 0 unspecified atom stereocenters. The standard InChI is InChI=1S/C24H20N4O4S/c29-24(30)16-5-7-20(8-6-16)33(31,32)28-12-10-21-18(15-28)9-11-25-23(21)27-19-13-17-3-1-2-4-22(17)26-14-19/h1-9,11,13-14H,10,12,15H2,(H,25,27)(H,29,30). The molecule has 1 aliphatic rings. The molecule has 0 aliphatic carbocycles. The van der Waals surface area contributed by atoms with Gasteiger partial charge in [-0.25, -0.2) is 18.2 Å². The summed E-state index contributed by atoms with van der Waals surface area (Å²) >= 11 is 0. The van der Waals surface area contributed by atoms with E-state index in [1.807, 2.05) is 36.4 Å². The Balaban J connectivity index is 1.39. The molecule has 0 saturated heterocycles. The SMILES string of the molecule is O=C(O)c1ccc(S(=O)(=O)N2CCc3c(ccnc3Nc3cnc4ccccc4c3)C2)cc1. The maximum absolute atomic E-state index is 13.1. The molecule has 2 N–H and O–H groups in total. The molecule has 0 radical (unpaired) electrons. The summed E-state index contributed by atoms with van der Waals surface area (Å²) in [6.07, 6.45) is 3.91. The summed E-state index contributed by atoms with van der Waals surface area (Å²) in [7, 11) is -3.75. The zero-order chi connectivity index (χ0) is 23.0. The van der Waals surface area contributed by atoms with Crippen molar-refractivity contribution in [2.24, 2.45) is 0 Å². The monoisotopic (exact) mass is 460 g/mol. The highest BCUT2D eigenvalue weighted by atomic mass is 32.2. The van der Waals surface area contributed by atoms with E-state index in [1.165, 1.54) is 28.6 Å². The number of fused-ring (bicyclic) bond motifs is 2. The van der Waals surface area contributed by atoms with Gasteiger partial charge in [0.05, 0.1) is 27.9 Å². The van der Waals surface area contributed by atoms with Crippen molar-refractivity contribution in [3.63, 3.8) is 0 Å². The Morgan fingerprint density at radius 3 is 2.61 bits per heavy atom. The number of pyridine rings is 2. The highest BCUT2D eigenvalue weighted by Gasteiger charge is 2.29. The Labute approximate surface area is 190 Å². The normalized spacial score (nSPS) is 14.1. The van der Waals surface area contributed by atoms with Crippen molar-refractivity contribution in [2.75, 3.05) is 11.9 Å². The van der Waals surface area contributed by atoms with Crippen LogP contribution in [0, 0.1) is 0 Å². The number of anilines is 2. The van der Waals surface area contributed by atoms with E-state index >= 15 is 0 Å². The van der Waals surface area contributed by atoms with Crippen molar-refractivity contribution in [1.29, 1.82) is 0 Å². The molecule has 4 aromatic rings. The lowest BCUT2D eigenvalue weighted by atomic mass is 10.0. The van der Waals surface area contributed by atoms with E-state index in [4.69, 9.17) is 5.11 Å². The predicted molar refractivity (Wildman–Crippen MR) is 124 cm³/mol. The Morgan fingerprint density at radius 2 is 1.82 bits per heavy atom. The number of carboxylic acid groups (broad SMARTS) is 1. The second-order valence-electron chi connectivity index (χ2n) is 7.76. The summed E-state index contributed by atoms with van der Waals surface area (Å²) in [5, 5.41) is 13.4. The zero-order valence-electron chi connectivity index (χ0n) is 17.5. The van der Waals surface area contributed by atoms with Gasteiger partial charge < -0.3 is 10.4 Å².